The van der Waals surface area contributed by atoms with Gasteiger partial charge < -0.3 is 0 Å². The normalized spacial score (nSPS) is 12.3. The zero-order valence-electron chi connectivity index (χ0n) is 19.5. The van der Waals surface area contributed by atoms with Crippen molar-refractivity contribution in [1.82, 2.24) is 9.55 Å². The van der Waals surface area contributed by atoms with Gasteiger partial charge in [0.1, 0.15) is 5.82 Å². The minimum atomic E-state index is 0.134. The molecule has 2 nitrogen and oxygen atoms in total. The summed E-state index contributed by atoms with van der Waals surface area (Å²) in [5.74, 6) is 1.66. The van der Waals surface area contributed by atoms with Crippen molar-refractivity contribution in [2.75, 3.05) is 0 Å². The fourth-order valence-corrected chi connectivity index (χ4v) is 5.35. The maximum atomic E-state index is 5.11. The summed E-state index contributed by atoms with van der Waals surface area (Å²) in [5, 5.41) is 3.57. The highest BCUT2D eigenvalue weighted by Crippen LogP contribution is 2.37. The third-order valence-electron chi connectivity index (χ3n) is 6.08. The molecular formula is C29H30N2S. The molecule has 0 radical (unpaired) electrons. The molecule has 0 aliphatic rings. The molecule has 32 heavy (non-hydrogen) atoms. The van der Waals surface area contributed by atoms with Crippen molar-refractivity contribution < 1.29 is 0 Å². The molecular weight excluding hydrogens is 408 g/mol. The fraction of sp³-hybridized carbons (Fsp3) is 0.276. The Kier molecular flexibility index (Phi) is 5.17. The van der Waals surface area contributed by atoms with Crippen molar-refractivity contribution in [1.29, 1.82) is 0 Å². The van der Waals surface area contributed by atoms with Crippen LogP contribution in [0, 0.1) is 5.92 Å². The van der Waals surface area contributed by atoms with Crippen LogP contribution in [0.4, 0.5) is 0 Å². The summed E-state index contributed by atoms with van der Waals surface area (Å²) >= 11 is 1.80. The number of imidazole rings is 1. The second kappa shape index (κ2) is 7.90. The Morgan fingerprint density at radius 1 is 0.938 bits per heavy atom. The zero-order chi connectivity index (χ0) is 22.5. The van der Waals surface area contributed by atoms with E-state index in [-0.39, 0.29) is 5.41 Å². The summed E-state index contributed by atoms with van der Waals surface area (Å²) in [6.07, 6.45) is 1.09. The van der Waals surface area contributed by atoms with Crippen LogP contribution in [-0.2, 0) is 11.8 Å². The molecule has 3 aromatic carbocycles. The second-order valence-corrected chi connectivity index (χ2v) is 11.0. The number of para-hydroxylation sites is 2. The fourth-order valence-electron chi connectivity index (χ4n) is 4.43. The largest absolute Gasteiger partial charge is 0.292 e. The van der Waals surface area contributed by atoms with Gasteiger partial charge >= 0.3 is 0 Å². The maximum Gasteiger partial charge on any atom is 0.147 e. The van der Waals surface area contributed by atoms with Gasteiger partial charge in [-0.15, -0.1) is 11.3 Å². The van der Waals surface area contributed by atoms with Crippen LogP contribution in [-0.4, -0.2) is 9.55 Å². The Labute approximate surface area is 194 Å². The SMILES string of the molecule is CC(C)Cc1ccc2scc(-c3nc4ccccc4n3-c3ccc(C(C)(C)C)cc3)c2c1. The van der Waals surface area contributed by atoms with Crippen molar-refractivity contribution in [3.05, 3.63) is 83.2 Å². The highest BCUT2D eigenvalue weighted by atomic mass is 32.1. The number of rotatable bonds is 4. The zero-order valence-corrected chi connectivity index (χ0v) is 20.3. The van der Waals surface area contributed by atoms with Crippen LogP contribution < -0.4 is 0 Å². The molecule has 0 aliphatic carbocycles. The first-order valence-corrected chi connectivity index (χ1v) is 12.3. The minimum Gasteiger partial charge on any atom is -0.292 e. The van der Waals surface area contributed by atoms with Gasteiger partial charge in [0.15, 0.2) is 0 Å². The molecule has 0 fully saturated rings. The number of thiophene rings is 1. The molecule has 0 unspecified atom stereocenters. The summed E-state index contributed by atoms with van der Waals surface area (Å²) in [6.45, 7) is 11.3. The summed E-state index contributed by atoms with van der Waals surface area (Å²) in [7, 11) is 0. The van der Waals surface area contributed by atoms with E-state index in [2.05, 4.69) is 111 Å². The molecule has 5 aromatic rings. The molecule has 0 atom stereocenters. The van der Waals surface area contributed by atoms with Gasteiger partial charge in [-0.2, -0.15) is 0 Å². The second-order valence-electron chi connectivity index (χ2n) is 10.1. The molecule has 0 aliphatic heterocycles. The van der Waals surface area contributed by atoms with Gasteiger partial charge in [0.25, 0.3) is 0 Å². The van der Waals surface area contributed by atoms with Crippen LogP contribution in [0.2, 0.25) is 0 Å². The first-order valence-electron chi connectivity index (χ1n) is 11.4. The topological polar surface area (TPSA) is 17.8 Å². The third kappa shape index (κ3) is 3.75. The summed E-state index contributed by atoms with van der Waals surface area (Å²) in [5.41, 5.74) is 7.40. The highest BCUT2D eigenvalue weighted by molar-refractivity contribution is 7.17. The van der Waals surface area contributed by atoms with Crippen LogP contribution in [0.5, 0.6) is 0 Å². The Morgan fingerprint density at radius 2 is 1.69 bits per heavy atom. The summed E-state index contributed by atoms with van der Waals surface area (Å²) < 4.78 is 3.63. The number of hydrogen-bond donors (Lipinski definition) is 0. The van der Waals surface area contributed by atoms with E-state index in [1.54, 1.807) is 11.3 Å². The van der Waals surface area contributed by atoms with Gasteiger partial charge in [-0.1, -0.05) is 65.0 Å². The van der Waals surface area contributed by atoms with Crippen LogP contribution in [0.1, 0.15) is 45.7 Å². The predicted molar refractivity (Wildman–Crippen MR) is 139 cm³/mol. The van der Waals surface area contributed by atoms with Gasteiger partial charge in [0.05, 0.1) is 11.0 Å². The van der Waals surface area contributed by atoms with Gasteiger partial charge in [-0.3, -0.25) is 4.57 Å². The highest BCUT2D eigenvalue weighted by Gasteiger charge is 2.19. The molecule has 3 heteroatoms. The molecule has 0 spiro atoms. The van der Waals surface area contributed by atoms with Gasteiger partial charge in [-0.05, 0) is 65.3 Å². The molecule has 5 rings (SSSR count). The molecule has 0 amide bonds. The van der Waals surface area contributed by atoms with E-state index in [9.17, 15) is 0 Å². The average molecular weight is 439 g/mol. The smallest absolute Gasteiger partial charge is 0.147 e. The molecule has 0 bridgehead atoms. The lowest BCUT2D eigenvalue weighted by molar-refractivity contribution is 0.590. The molecule has 162 valence electrons. The lowest BCUT2D eigenvalue weighted by atomic mass is 9.87. The van der Waals surface area contributed by atoms with E-state index < -0.39 is 0 Å². The van der Waals surface area contributed by atoms with Crippen molar-refractivity contribution in [3.8, 4) is 17.1 Å². The quantitative estimate of drug-likeness (QED) is 0.275. The van der Waals surface area contributed by atoms with Crippen molar-refractivity contribution in [3.63, 3.8) is 0 Å². The summed E-state index contributed by atoms with van der Waals surface area (Å²) in [4.78, 5) is 5.11. The van der Waals surface area contributed by atoms with Gasteiger partial charge in [0, 0.05) is 26.7 Å². The Bertz CT molecular complexity index is 1400. The minimum absolute atomic E-state index is 0.134. The van der Waals surface area contributed by atoms with E-state index in [0.29, 0.717) is 5.92 Å². The maximum absolute atomic E-state index is 5.11. The number of aromatic nitrogens is 2. The lowest BCUT2D eigenvalue weighted by Crippen LogP contribution is -2.11. The first-order chi connectivity index (χ1) is 15.3. The van der Waals surface area contributed by atoms with E-state index in [1.807, 2.05) is 0 Å². The van der Waals surface area contributed by atoms with Gasteiger partial charge in [-0.25, -0.2) is 4.98 Å². The monoisotopic (exact) mass is 438 g/mol. The van der Waals surface area contributed by atoms with Crippen LogP contribution >= 0.6 is 11.3 Å². The number of hydrogen-bond acceptors (Lipinski definition) is 2. The number of benzene rings is 3. The summed E-state index contributed by atoms with van der Waals surface area (Å²) in [6, 6.07) is 24.3. The Balaban J connectivity index is 1.72. The van der Waals surface area contributed by atoms with Crippen molar-refractivity contribution in [2.24, 2.45) is 5.92 Å². The standard InChI is InChI=1S/C29H30N2S/c1-19(2)16-20-10-15-27-23(17-20)24(18-32-27)28-30-25-8-6-7-9-26(25)31(28)22-13-11-21(12-14-22)29(3,4)5/h6-15,17-19H,16H2,1-5H3. The number of fused-ring (bicyclic) bond motifs is 2. The Hall–Kier alpha value is -2.91. The van der Waals surface area contributed by atoms with Crippen molar-refractivity contribution >= 4 is 32.5 Å². The molecule has 0 saturated carbocycles. The van der Waals surface area contributed by atoms with Crippen molar-refractivity contribution in [2.45, 2.75) is 46.5 Å². The third-order valence-corrected chi connectivity index (χ3v) is 7.04. The molecule has 2 heterocycles. The van der Waals surface area contributed by atoms with E-state index in [4.69, 9.17) is 4.98 Å². The average Bonchev–Trinajstić information content (AvgIpc) is 3.33. The van der Waals surface area contributed by atoms with Crippen LogP contribution in [0.15, 0.2) is 72.1 Å². The van der Waals surface area contributed by atoms with Crippen LogP contribution in [0.25, 0.3) is 38.2 Å². The predicted octanol–water partition coefficient (Wildman–Crippen LogP) is 8.40. The van der Waals surface area contributed by atoms with E-state index in [1.165, 1.54) is 26.8 Å². The lowest BCUT2D eigenvalue weighted by Gasteiger charge is -2.19. The Morgan fingerprint density at radius 3 is 2.41 bits per heavy atom. The molecule has 0 saturated heterocycles. The van der Waals surface area contributed by atoms with E-state index >= 15 is 0 Å². The van der Waals surface area contributed by atoms with Gasteiger partial charge in [0.2, 0.25) is 0 Å². The molecule has 2 aromatic heterocycles. The molecule has 0 N–H and O–H groups in total. The van der Waals surface area contributed by atoms with Crippen LogP contribution in [0.3, 0.4) is 0 Å². The number of nitrogens with zero attached hydrogens (tertiary/aromatic N) is 2. The first kappa shape index (κ1) is 21.0. The van der Waals surface area contributed by atoms with E-state index in [0.717, 1.165) is 29.0 Å².